The molecule has 0 bridgehead atoms. The molecule has 0 aliphatic heterocycles. The van der Waals surface area contributed by atoms with E-state index in [4.69, 9.17) is 0 Å². The zero-order chi connectivity index (χ0) is 40.7. The van der Waals surface area contributed by atoms with Gasteiger partial charge in [-0.3, -0.25) is 4.79 Å². The van der Waals surface area contributed by atoms with E-state index in [2.05, 4.69) is 43.5 Å². The Morgan fingerprint density at radius 2 is 0.732 bits per heavy atom. The maximum Gasteiger partial charge on any atom is 0.220 e. The predicted octanol–water partition coefficient (Wildman–Crippen LogP) is 16.4. The highest BCUT2D eigenvalue weighted by Gasteiger charge is 2.20. The number of amides is 1. The third-order valence-corrected chi connectivity index (χ3v) is 12.0. The number of aliphatic hydroxyl groups is 2. The van der Waals surface area contributed by atoms with Gasteiger partial charge in [-0.1, -0.05) is 256 Å². The summed E-state index contributed by atoms with van der Waals surface area (Å²) in [5.41, 5.74) is 0. The quantitative estimate of drug-likeness (QED) is 0.0425. The fraction of sp³-hybridized carbons (Fsp3) is 0.904. The third kappa shape index (κ3) is 44.0. The largest absolute Gasteiger partial charge is 0.394 e. The molecule has 1 amide bonds. The normalized spacial score (nSPS) is 13.0. The SMILES string of the molecule is CCCCCCCCCCC/C=C\C/C=C\CCCCCCCCCC(=O)NC(CO)C(O)CCCCCCCCCCCCCCCCCCCCCCC. The molecule has 0 saturated carbocycles. The minimum Gasteiger partial charge on any atom is -0.394 e. The molecule has 4 nitrogen and oxygen atoms in total. The van der Waals surface area contributed by atoms with E-state index < -0.39 is 12.1 Å². The van der Waals surface area contributed by atoms with E-state index in [0.717, 1.165) is 32.1 Å². The molecule has 0 aliphatic rings. The van der Waals surface area contributed by atoms with Gasteiger partial charge in [0, 0.05) is 6.42 Å². The minimum atomic E-state index is -0.662. The summed E-state index contributed by atoms with van der Waals surface area (Å²) in [5, 5.41) is 23.3. The number of hydrogen-bond donors (Lipinski definition) is 3. The molecule has 0 saturated heterocycles. The average Bonchev–Trinajstić information content (AvgIpc) is 3.20. The molecule has 0 aliphatic carbocycles. The summed E-state index contributed by atoms with van der Waals surface area (Å²) in [6, 6.07) is -0.540. The van der Waals surface area contributed by atoms with Crippen LogP contribution in [0.25, 0.3) is 0 Å². The van der Waals surface area contributed by atoms with Gasteiger partial charge in [-0.05, 0) is 44.9 Å². The first kappa shape index (κ1) is 54.9. The van der Waals surface area contributed by atoms with Crippen molar-refractivity contribution in [2.24, 2.45) is 0 Å². The lowest BCUT2D eigenvalue weighted by Gasteiger charge is -2.22. The molecule has 0 heterocycles. The lowest BCUT2D eigenvalue weighted by Crippen LogP contribution is -2.45. The Hall–Kier alpha value is -1.13. The summed E-state index contributed by atoms with van der Waals surface area (Å²) in [5.74, 6) is -0.0352. The van der Waals surface area contributed by atoms with Crippen molar-refractivity contribution in [3.63, 3.8) is 0 Å². The van der Waals surface area contributed by atoms with Crippen molar-refractivity contribution in [2.45, 2.75) is 296 Å². The maximum absolute atomic E-state index is 12.5. The van der Waals surface area contributed by atoms with Crippen molar-refractivity contribution in [1.29, 1.82) is 0 Å². The molecule has 0 spiro atoms. The number of unbranched alkanes of at least 4 members (excludes halogenated alkanes) is 36. The molecule has 332 valence electrons. The van der Waals surface area contributed by atoms with Crippen LogP contribution in [0.15, 0.2) is 24.3 Å². The molecule has 3 N–H and O–H groups in total. The minimum absolute atomic E-state index is 0.0352. The summed E-state index contributed by atoms with van der Waals surface area (Å²) in [6.07, 6.45) is 62.8. The molecule has 0 aromatic carbocycles. The molecule has 2 unspecified atom stereocenters. The Bertz CT molecular complexity index is 810. The van der Waals surface area contributed by atoms with E-state index in [9.17, 15) is 15.0 Å². The second-order valence-corrected chi connectivity index (χ2v) is 17.6. The highest BCUT2D eigenvalue weighted by Crippen LogP contribution is 2.17. The first-order valence-corrected chi connectivity index (χ1v) is 25.5. The number of nitrogens with one attached hydrogen (secondary N) is 1. The highest BCUT2D eigenvalue weighted by molar-refractivity contribution is 5.76. The van der Waals surface area contributed by atoms with E-state index >= 15 is 0 Å². The van der Waals surface area contributed by atoms with E-state index in [0.29, 0.717) is 12.8 Å². The van der Waals surface area contributed by atoms with Gasteiger partial charge in [0.15, 0.2) is 0 Å². The zero-order valence-corrected chi connectivity index (χ0v) is 38.2. The smallest absolute Gasteiger partial charge is 0.220 e. The molecule has 0 fully saturated rings. The topological polar surface area (TPSA) is 69.6 Å². The second-order valence-electron chi connectivity index (χ2n) is 17.6. The summed E-state index contributed by atoms with van der Waals surface area (Å²) < 4.78 is 0. The van der Waals surface area contributed by atoms with E-state index in [1.807, 2.05) is 0 Å². The Balaban J connectivity index is 3.49. The van der Waals surface area contributed by atoms with Crippen LogP contribution in [0.2, 0.25) is 0 Å². The number of aliphatic hydroxyl groups excluding tert-OH is 2. The fourth-order valence-electron chi connectivity index (χ4n) is 8.04. The van der Waals surface area contributed by atoms with E-state index in [1.54, 1.807) is 0 Å². The van der Waals surface area contributed by atoms with Crippen molar-refractivity contribution < 1.29 is 15.0 Å². The lowest BCUT2D eigenvalue weighted by atomic mass is 10.0. The van der Waals surface area contributed by atoms with Gasteiger partial charge in [0.05, 0.1) is 18.8 Å². The number of rotatable bonds is 47. The average molecular weight is 788 g/mol. The predicted molar refractivity (Wildman–Crippen MR) is 249 cm³/mol. The number of carbonyl (C=O) groups excluding carboxylic acids is 1. The number of hydrogen-bond acceptors (Lipinski definition) is 3. The maximum atomic E-state index is 12.5. The first-order valence-electron chi connectivity index (χ1n) is 25.5. The molecule has 0 radical (unpaired) electrons. The van der Waals surface area contributed by atoms with Crippen molar-refractivity contribution in [1.82, 2.24) is 5.32 Å². The summed E-state index contributed by atoms with van der Waals surface area (Å²) in [7, 11) is 0. The molecule has 2 atom stereocenters. The molecule has 4 heteroatoms. The summed E-state index contributed by atoms with van der Waals surface area (Å²) in [4.78, 5) is 12.5. The van der Waals surface area contributed by atoms with Gasteiger partial charge in [0.25, 0.3) is 0 Å². The van der Waals surface area contributed by atoms with Crippen LogP contribution in [0, 0.1) is 0 Å². The van der Waals surface area contributed by atoms with Crippen LogP contribution < -0.4 is 5.32 Å². The summed E-state index contributed by atoms with van der Waals surface area (Å²) >= 11 is 0. The van der Waals surface area contributed by atoms with Gasteiger partial charge in [-0.2, -0.15) is 0 Å². The molecular weight excluding hydrogens is 687 g/mol. The van der Waals surface area contributed by atoms with E-state index in [1.165, 1.54) is 225 Å². The van der Waals surface area contributed by atoms with Crippen LogP contribution in [-0.4, -0.2) is 34.9 Å². The van der Waals surface area contributed by atoms with Crippen LogP contribution in [0.4, 0.5) is 0 Å². The van der Waals surface area contributed by atoms with E-state index in [-0.39, 0.29) is 12.5 Å². The van der Waals surface area contributed by atoms with Crippen molar-refractivity contribution in [3.8, 4) is 0 Å². The van der Waals surface area contributed by atoms with Gasteiger partial charge >= 0.3 is 0 Å². The van der Waals surface area contributed by atoms with Crippen LogP contribution in [-0.2, 0) is 4.79 Å². The first-order chi connectivity index (χ1) is 27.7. The highest BCUT2D eigenvalue weighted by atomic mass is 16.3. The van der Waals surface area contributed by atoms with Crippen LogP contribution in [0.1, 0.15) is 284 Å². The van der Waals surface area contributed by atoms with Crippen LogP contribution in [0.3, 0.4) is 0 Å². The van der Waals surface area contributed by atoms with Gasteiger partial charge in [0.2, 0.25) is 5.91 Å². The Kier molecular flexibility index (Phi) is 47.3. The zero-order valence-electron chi connectivity index (χ0n) is 38.2. The Morgan fingerprint density at radius 1 is 0.429 bits per heavy atom. The van der Waals surface area contributed by atoms with Crippen LogP contribution >= 0.6 is 0 Å². The Labute approximate surface area is 351 Å². The number of carbonyl (C=O) groups is 1. The number of allylic oxidation sites excluding steroid dienone is 4. The molecule has 0 aromatic heterocycles. The van der Waals surface area contributed by atoms with Gasteiger partial charge < -0.3 is 15.5 Å². The third-order valence-electron chi connectivity index (χ3n) is 12.0. The molecule has 0 aromatic rings. The summed E-state index contributed by atoms with van der Waals surface area (Å²) in [6.45, 7) is 4.38. The Morgan fingerprint density at radius 3 is 1.07 bits per heavy atom. The van der Waals surface area contributed by atoms with Crippen molar-refractivity contribution >= 4 is 5.91 Å². The lowest BCUT2D eigenvalue weighted by molar-refractivity contribution is -0.123. The van der Waals surface area contributed by atoms with Gasteiger partial charge in [-0.25, -0.2) is 0 Å². The monoisotopic (exact) mass is 788 g/mol. The van der Waals surface area contributed by atoms with Gasteiger partial charge in [0.1, 0.15) is 0 Å². The molecule has 56 heavy (non-hydrogen) atoms. The van der Waals surface area contributed by atoms with Crippen molar-refractivity contribution in [3.05, 3.63) is 24.3 Å². The fourth-order valence-corrected chi connectivity index (χ4v) is 8.04. The second kappa shape index (κ2) is 48.2. The van der Waals surface area contributed by atoms with Crippen molar-refractivity contribution in [2.75, 3.05) is 6.61 Å². The van der Waals surface area contributed by atoms with Crippen LogP contribution in [0.5, 0.6) is 0 Å². The molecular formula is C52H101NO3. The molecule has 0 rings (SSSR count). The van der Waals surface area contributed by atoms with Gasteiger partial charge in [-0.15, -0.1) is 0 Å². The standard InChI is InChI=1S/C52H101NO3/c1-3-5-7-9-11-13-15-17-19-21-23-25-26-28-30-32-34-36-38-40-42-44-46-48-52(56)53-50(49-54)51(55)47-45-43-41-39-37-35-33-31-29-27-24-22-20-18-16-14-12-10-8-6-4-2/h23,25,28,30,50-51,54-55H,3-22,24,26-27,29,31-49H2,1-2H3,(H,53,56)/b25-23-,30-28-.